The molecule has 5 nitrogen and oxygen atoms in total. The Kier molecular flexibility index (Phi) is 6.00. The van der Waals surface area contributed by atoms with Gasteiger partial charge in [0.2, 0.25) is 4.77 Å². The van der Waals surface area contributed by atoms with E-state index < -0.39 is 0 Å². The summed E-state index contributed by atoms with van der Waals surface area (Å²) >= 11 is 7.51. The van der Waals surface area contributed by atoms with Crippen molar-refractivity contribution in [2.75, 3.05) is 13.1 Å². The van der Waals surface area contributed by atoms with Gasteiger partial charge in [-0.25, -0.2) is 4.98 Å². The molecule has 0 saturated carbocycles. The fraction of sp³-hybridized carbons (Fsp3) is 0.550. The number of piperidine rings is 1. The van der Waals surface area contributed by atoms with Gasteiger partial charge in [-0.05, 0) is 43.6 Å². The van der Waals surface area contributed by atoms with Gasteiger partial charge in [0.1, 0.15) is 11.3 Å². The lowest BCUT2D eigenvalue weighted by Gasteiger charge is -2.28. The van der Waals surface area contributed by atoms with Crippen molar-refractivity contribution in [2.45, 2.75) is 58.2 Å². The molecule has 1 saturated heterocycles. The number of thiazole rings is 1. The minimum Gasteiger partial charge on any atom is -0.316 e. The Bertz CT molecular complexity index is 908. The van der Waals surface area contributed by atoms with Crippen LogP contribution in [-0.4, -0.2) is 32.4 Å². The van der Waals surface area contributed by atoms with Crippen LogP contribution in [0.5, 0.6) is 0 Å². The first-order valence-corrected chi connectivity index (χ1v) is 11.3. The van der Waals surface area contributed by atoms with Crippen LogP contribution in [0.2, 0.25) is 0 Å². The van der Waals surface area contributed by atoms with E-state index in [1.54, 1.807) is 4.90 Å². The van der Waals surface area contributed by atoms with Crippen LogP contribution in [0.25, 0.3) is 10.2 Å². The first-order chi connectivity index (χ1) is 13.2. The second-order valence-corrected chi connectivity index (χ2v) is 8.96. The summed E-state index contributed by atoms with van der Waals surface area (Å²) in [5.41, 5.74) is 1.14. The highest BCUT2D eigenvalue weighted by Gasteiger charge is 2.27. The van der Waals surface area contributed by atoms with Crippen LogP contribution in [-0.2, 0) is 13.2 Å². The Morgan fingerprint density at radius 2 is 2.19 bits per heavy atom. The van der Waals surface area contributed by atoms with Gasteiger partial charge in [0.05, 0.1) is 29.2 Å². The lowest BCUT2D eigenvalue weighted by molar-refractivity contribution is -0.929. The third-order valence-corrected chi connectivity index (χ3v) is 7.09. The molecule has 7 heteroatoms. The van der Waals surface area contributed by atoms with Crippen molar-refractivity contribution in [1.82, 2.24) is 19.3 Å². The van der Waals surface area contributed by atoms with Crippen LogP contribution in [0.1, 0.15) is 50.0 Å². The van der Waals surface area contributed by atoms with Crippen LogP contribution >= 0.6 is 23.6 Å². The van der Waals surface area contributed by atoms with Crippen molar-refractivity contribution in [1.29, 1.82) is 0 Å². The molecule has 1 fully saturated rings. The Morgan fingerprint density at radius 3 is 3.04 bits per heavy atom. The number of hydrogen-bond donors (Lipinski definition) is 1. The smallest absolute Gasteiger partial charge is 0.202 e. The highest BCUT2D eigenvalue weighted by Crippen LogP contribution is 2.30. The van der Waals surface area contributed by atoms with Gasteiger partial charge in [0.15, 0.2) is 6.67 Å². The fourth-order valence-electron chi connectivity index (χ4n) is 3.95. The molecule has 0 spiro atoms. The van der Waals surface area contributed by atoms with E-state index in [1.807, 2.05) is 22.3 Å². The van der Waals surface area contributed by atoms with E-state index in [9.17, 15) is 0 Å². The standard InChI is InChI=1S/C20H27N5S2/c1-2-3-6-12-24-14-21-25(20(24)26)15-23-11-7-8-16(13-23)19-22-17-9-4-5-10-18(17)27-19/h4-5,9-10,14,16H,2-3,6-8,11-13,15H2,1H3/p+1/t16-/m1/s1. The molecule has 2 atom stereocenters. The molecule has 1 aliphatic rings. The Morgan fingerprint density at radius 1 is 1.30 bits per heavy atom. The van der Waals surface area contributed by atoms with Crippen molar-refractivity contribution in [2.24, 2.45) is 0 Å². The van der Waals surface area contributed by atoms with E-state index in [-0.39, 0.29) is 0 Å². The molecule has 27 heavy (non-hydrogen) atoms. The lowest BCUT2D eigenvalue weighted by atomic mass is 9.99. The van der Waals surface area contributed by atoms with Crippen LogP contribution in [0.4, 0.5) is 0 Å². The number of nitrogens with zero attached hydrogens (tertiary/aromatic N) is 4. The van der Waals surface area contributed by atoms with Gasteiger partial charge in [-0.3, -0.25) is 0 Å². The highest BCUT2D eigenvalue weighted by atomic mass is 32.1. The van der Waals surface area contributed by atoms with E-state index in [4.69, 9.17) is 17.2 Å². The first kappa shape index (κ1) is 18.8. The topological polar surface area (TPSA) is 40.1 Å². The van der Waals surface area contributed by atoms with E-state index in [1.165, 1.54) is 48.4 Å². The summed E-state index contributed by atoms with van der Waals surface area (Å²) in [6.45, 7) is 6.37. The summed E-state index contributed by atoms with van der Waals surface area (Å²) in [7, 11) is 0. The summed E-state index contributed by atoms with van der Waals surface area (Å²) in [5.74, 6) is 0.548. The van der Waals surface area contributed by atoms with Crippen LogP contribution < -0.4 is 4.90 Å². The summed E-state index contributed by atoms with van der Waals surface area (Å²) < 4.78 is 6.30. The maximum Gasteiger partial charge on any atom is 0.202 e. The number of unbranched alkanes of at least 4 members (excludes halogenated alkanes) is 2. The largest absolute Gasteiger partial charge is 0.316 e. The molecular weight excluding hydrogens is 374 g/mol. The first-order valence-electron chi connectivity index (χ1n) is 10.1. The minimum absolute atomic E-state index is 0.548. The van der Waals surface area contributed by atoms with E-state index >= 15 is 0 Å². The minimum atomic E-state index is 0.548. The number of aromatic nitrogens is 4. The maximum atomic E-state index is 5.65. The van der Waals surface area contributed by atoms with Gasteiger partial charge in [-0.2, -0.15) is 9.78 Å². The van der Waals surface area contributed by atoms with Crippen molar-refractivity contribution < 1.29 is 4.90 Å². The van der Waals surface area contributed by atoms with Gasteiger partial charge < -0.3 is 9.47 Å². The molecule has 2 aromatic heterocycles. The Hall–Kier alpha value is -1.57. The van der Waals surface area contributed by atoms with E-state index in [0.29, 0.717) is 5.92 Å². The Labute approximate surface area is 169 Å². The average Bonchev–Trinajstić information content (AvgIpc) is 3.27. The molecule has 4 rings (SSSR count). The van der Waals surface area contributed by atoms with Gasteiger partial charge >= 0.3 is 0 Å². The molecule has 3 heterocycles. The van der Waals surface area contributed by atoms with Crippen molar-refractivity contribution in [3.8, 4) is 0 Å². The normalized spacial score (nSPS) is 20.3. The third-order valence-electron chi connectivity index (χ3n) is 5.45. The fourth-order valence-corrected chi connectivity index (χ4v) is 5.30. The number of hydrogen-bond acceptors (Lipinski definition) is 4. The number of aryl methyl sites for hydroxylation is 1. The van der Waals surface area contributed by atoms with Crippen molar-refractivity contribution in [3.05, 3.63) is 40.4 Å². The van der Waals surface area contributed by atoms with Gasteiger partial charge in [0, 0.05) is 6.54 Å². The molecular formula is C20H28N5S2+. The number of fused-ring (bicyclic) bond motifs is 1. The molecule has 1 unspecified atom stereocenters. The lowest BCUT2D eigenvalue weighted by Crippen LogP contribution is -3.12. The number of para-hydroxylation sites is 1. The van der Waals surface area contributed by atoms with Gasteiger partial charge in [0.25, 0.3) is 0 Å². The summed E-state index contributed by atoms with van der Waals surface area (Å²) in [6.07, 6.45) is 8.03. The molecule has 1 aliphatic heterocycles. The number of quaternary nitrogens is 1. The maximum absolute atomic E-state index is 5.65. The number of nitrogens with one attached hydrogen (secondary N) is 1. The SMILES string of the molecule is CCCCCn1cnn(C[NH+]2CCC[C@@H](c3nc4ccccc4s3)C2)c1=S. The predicted molar refractivity (Wildman–Crippen MR) is 113 cm³/mol. The van der Waals surface area contributed by atoms with Crippen LogP contribution in [0, 0.1) is 4.77 Å². The Balaban J connectivity index is 1.42. The molecule has 3 aromatic rings. The van der Waals surface area contributed by atoms with Gasteiger partial charge in [-0.1, -0.05) is 31.9 Å². The number of likely N-dealkylation sites (tertiary alicyclic amines) is 1. The monoisotopic (exact) mass is 402 g/mol. The molecule has 0 aliphatic carbocycles. The van der Waals surface area contributed by atoms with Crippen LogP contribution in [0.3, 0.4) is 0 Å². The number of rotatable bonds is 7. The molecule has 0 radical (unpaired) electrons. The van der Waals surface area contributed by atoms with E-state index in [0.717, 1.165) is 30.0 Å². The van der Waals surface area contributed by atoms with Crippen LogP contribution in [0.15, 0.2) is 30.6 Å². The number of benzene rings is 1. The third kappa shape index (κ3) is 4.31. The molecule has 1 N–H and O–H groups in total. The highest BCUT2D eigenvalue weighted by molar-refractivity contribution is 7.71. The summed E-state index contributed by atoms with van der Waals surface area (Å²) in [4.78, 5) is 6.46. The zero-order valence-corrected chi connectivity index (χ0v) is 17.6. The van der Waals surface area contributed by atoms with E-state index in [2.05, 4.69) is 40.9 Å². The molecule has 0 amide bonds. The van der Waals surface area contributed by atoms with Crippen molar-refractivity contribution in [3.63, 3.8) is 0 Å². The second kappa shape index (κ2) is 8.63. The predicted octanol–water partition coefficient (Wildman–Crippen LogP) is 3.63. The second-order valence-electron chi connectivity index (χ2n) is 7.53. The van der Waals surface area contributed by atoms with Crippen molar-refractivity contribution >= 4 is 33.8 Å². The molecule has 144 valence electrons. The summed E-state index contributed by atoms with van der Waals surface area (Å²) in [5, 5.41) is 5.86. The van der Waals surface area contributed by atoms with Gasteiger partial charge in [-0.15, -0.1) is 11.3 Å². The quantitative estimate of drug-likeness (QED) is 0.485. The molecule has 0 bridgehead atoms. The average molecular weight is 403 g/mol. The zero-order valence-electron chi connectivity index (χ0n) is 15.9. The zero-order chi connectivity index (χ0) is 18.6. The molecule has 1 aromatic carbocycles. The summed E-state index contributed by atoms with van der Waals surface area (Å²) in [6, 6.07) is 8.46.